The zero-order chi connectivity index (χ0) is 17.0. The minimum Gasteiger partial charge on any atom is -0.484 e. The van der Waals surface area contributed by atoms with Gasteiger partial charge in [0.05, 0.1) is 5.56 Å². The smallest absolute Gasteiger partial charge is 0.264 e. The molecule has 0 aliphatic rings. The summed E-state index contributed by atoms with van der Waals surface area (Å²) >= 11 is 0. The molecule has 118 valence electrons. The number of nitrogens with zero attached hydrogens (tertiary/aromatic N) is 1. The van der Waals surface area contributed by atoms with Gasteiger partial charge >= 0.3 is 0 Å². The number of rotatable bonds is 5. The molecule has 1 aromatic carbocycles. The normalized spacial score (nSPS) is 10.0. The highest BCUT2D eigenvalue weighted by Crippen LogP contribution is 2.26. The van der Waals surface area contributed by atoms with E-state index in [9.17, 15) is 9.59 Å². The zero-order valence-corrected chi connectivity index (χ0v) is 13.1. The molecule has 0 bridgehead atoms. The Morgan fingerprint density at radius 1 is 1.35 bits per heavy atom. The van der Waals surface area contributed by atoms with Crippen molar-refractivity contribution in [1.82, 2.24) is 0 Å². The lowest BCUT2D eigenvalue weighted by Gasteiger charge is -2.06. The molecular formula is C17H16N2O4. The fourth-order valence-electron chi connectivity index (χ4n) is 2.18. The summed E-state index contributed by atoms with van der Waals surface area (Å²) in [5.74, 6) is 0.0591. The van der Waals surface area contributed by atoms with E-state index in [1.165, 1.54) is 6.92 Å². The molecule has 0 saturated carbocycles. The van der Waals surface area contributed by atoms with Crippen molar-refractivity contribution in [3.05, 3.63) is 46.7 Å². The molecule has 2 aromatic rings. The molecule has 1 aromatic heterocycles. The van der Waals surface area contributed by atoms with Crippen molar-refractivity contribution in [1.29, 1.82) is 5.26 Å². The number of carbonyl (C=O) groups is 2. The summed E-state index contributed by atoms with van der Waals surface area (Å²) in [5.41, 5.74) is 1.23. The highest BCUT2D eigenvalue weighted by atomic mass is 16.5. The van der Waals surface area contributed by atoms with E-state index < -0.39 is 5.91 Å². The molecule has 1 N–H and O–H groups in total. The number of hydrogen-bond acceptors (Lipinski definition) is 5. The van der Waals surface area contributed by atoms with Gasteiger partial charge in [0.2, 0.25) is 5.88 Å². The SMILES string of the molecule is CC(=O)c1c(C)oc(NC(=O)COc2cccc(C)c2)c1C#N. The van der Waals surface area contributed by atoms with Crippen molar-refractivity contribution in [2.24, 2.45) is 0 Å². The van der Waals surface area contributed by atoms with Gasteiger partial charge in [0.1, 0.15) is 23.1 Å². The van der Waals surface area contributed by atoms with Gasteiger partial charge in [0.15, 0.2) is 12.4 Å². The largest absolute Gasteiger partial charge is 0.484 e. The van der Waals surface area contributed by atoms with Crippen molar-refractivity contribution < 1.29 is 18.7 Å². The molecule has 0 atom stereocenters. The summed E-state index contributed by atoms with van der Waals surface area (Å²) in [6.45, 7) is 4.59. The first-order valence-electron chi connectivity index (χ1n) is 6.96. The quantitative estimate of drug-likeness (QED) is 0.857. The molecule has 0 aliphatic heterocycles. The van der Waals surface area contributed by atoms with Gasteiger partial charge in [0.25, 0.3) is 5.91 Å². The van der Waals surface area contributed by atoms with Gasteiger partial charge in [-0.25, -0.2) is 0 Å². The third-order valence-corrected chi connectivity index (χ3v) is 3.16. The molecule has 1 amide bonds. The minimum atomic E-state index is -0.480. The summed E-state index contributed by atoms with van der Waals surface area (Å²) in [6, 6.07) is 9.17. The van der Waals surface area contributed by atoms with E-state index in [0.29, 0.717) is 11.5 Å². The van der Waals surface area contributed by atoms with Crippen molar-refractivity contribution >= 4 is 17.6 Å². The predicted octanol–water partition coefficient (Wildman–Crippen LogP) is 2.99. The van der Waals surface area contributed by atoms with E-state index in [0.717, 1.165) is 5.56 Å². The maximum absolute atomic E-state index is 11.9. The van der Waals surface area contributed by atoms with Crippen LogP contribution in [0.4, 0.5) is 5.88 Å². The van der Waals surface area contributed by atoms with Crippen LogP contribution >= 0.6 is 0 Å². The van der Waals surface area contributed by atoms with E-state index in [1.54, 1.807) is 19.1 Å². The van der Waals surface area contributed by atoms with Crippen LogP contribution in [0, 0.1) is 25.2 Å². The number of aryl methyl sites for hydroxylation is 2. The number of benzene rings is 1. The molecule has 1 heterocycles. The van der Waals surface area contributed by atoms with Crippen LogP contribution in [0.5, 0.6) is 5.75 Å². The average Bonchev–Trinajstić information content (AvgIpc) is 2.80. The summed E-state index contributed by atoms with van der Waals surface area (Å²) in [6.07, 6.45) is 0. The van der Waals surface area contributed by atoms with Crippen LogP contribution in [-0.4, -0.2) is 18.3 Å². The Balaban J connectivity index is 2.08. The second kappa shape index (κ2) is 6.79. The standard InChI is InChI=1S/C17H16N2O4/c1-10-5-4-6-13(7-10)22-9-15(21)19-17-14(8-18)16(11(2)20)12(3)23-17/h4-7H,9H2,1-3H3,(H,19,21). The Morgan fingerprint density at radius 2 is 2.09 bits per heavy atom. The van der Waals surface area contributed by atoms with E-state index in [2.05, 4.69) is 5.32 Å². The number of anilines is 1. The minimum absolute atomic E-state index is 0.0268. The van der Waals surface area contributed by atoms with E-state index in [-0.39, 0.29) is 29.4 Å². The first-order chi connectivity index (χ1) is 10.9. The van der Waals surface area contributed by atoms with Crippen LogP contribution in [0.2, 0.25) is 0 Å². The van der Waals surface area contributed by atoms with Crippen LogP contribution < -0.4 is 10.1 Å². The van der Waals surface area contributed by atoms with Crippen molar-refractivity contribution in [2.75, 3.05) is 11.9 Å². The Morgan fingerprint density at radius 3 is 2.70 bits per heavy atom. The number of nitriles is 1. The van der Waals surface area contributed by atoms with Gasteiger partial charge < -0.3 is 9.15 Å². The van der Waals surface area contributed by atoms with Crippen LogP contribution in [0.15, 0.2) is 28.7 Å². The lowest BCUT2D eigenvalue weighted by molar-refractivity contribution is -0.118. The number of carbonyl (C=O) groups excluding carboxylic acids is 2. The monoisotopic (exact) mass is 312 g/mol. The van der Waals surface area contributed by atoms with Gasteiger partial charge in [-0.3, -0.25) is 14.9 Å². The molecular weight excluding hydrogens is 296 g/mol. The Labute approximate surface area is 133 Å². The lowest BCUT2D eigenvalue weighted by Crippen LogP contribution is -2.20. The third kappa shape index (κ3) is 3.77. The van der Waals surface area contributed by atoms with Gasteiger partial charge in [-0.2, -0.15) is 5.26 Å². The van der Waals surface area contributed by atoms with E-state index in [4.69, 9.17) is 14.4 Å². The molecule has 0 fully saturated rings. The summed E-state index contributed by atoms with van der Waals surface area (Å²) in [5, 5.41) is 11.6. The molecule has 0 radical (unpaired) electrons. The molecule has 0 aliphatic carbocycles. The number of ether oxygens (including phenoxy) is 1. The highest BCUT2D eigenvalue weighted by molar-refractivity contribution is 6.01. The Hall–Kier alpha value is -3.07. The van der Waals surface area contributed by atoms with Gasteiger partial charge in [-0.05, 0) is 38.5 Å². The van der Waals surface area contributed by atoms with E-state index in [1.807, 2.05) is 25.1 Å². The zero-order valence-electron chi connectivity index (χ0n) is 13.1. The molecule has 6 heteroatoms. The molecule has 0 unspecified atom stereocenters. The van der Waals surface area contributed by atoms with Crippen LogP contribution in [0.1, 0.15) is 34.2 Å². The van der Waals surface area contributed by atoms with E-state index >= 15 is 0 Å². The third-order valence-electron chi connectivity index (χ3n) is 3.16. The summed E-state index contributed by atoms with van der Waals surface area (Å²) < 4.78 is 10.7. The maximum atomic E-state index is 11.9. The number of furan rings is 1. The second-order valence-electron chi connectivity index (χ2n) is 5.06. The number of ketones is 1. The molecule has 2 rings (SSSR count). The number of hydrogen-bond donors (Lipinski definition) is 1. The van der Waals surface area contributed by atoms with Crippen molar-refractivity contribution in [3.8, 4) is 11.8 Å². The fourth-order valence-corrected chi connectivity index (χ4v) is 2.18. The maximum Gasteiger partial charge on any atom is 0.264 e. The fraction of sp³-hybridized carbons (Fsp3) is 0.235. The summed E-state index contributed by atoms with van der Waals surface area (Å²) in [4.78, 5) is 23.5. The van der Waals surface area contributed by atoms with Crippen molar-refractivity contribution in [3.63, 3.8) is 0 Å². The molecule has 6 nitrogen and oxygen atoms in total. The highest BCUT2D eigenvalue weighted by Gasteiger charge is 2.22. The average molecular weight is 312 g/mol. The Kier molecular flexibility index (Phi) is 4.82. The first-order valence-corrected chi connectivity index (χ1v) is 6.96. The topological polar surface area (TPSA) is 92.3 Å². The van der Waals surface area contributed by atoms with Crippen LogP contribution in [0.25, 0.3) is 0 Å². The molecule has 0 saturated heterocycles. The van der Waals surface area contributed by atoms with Gasteiger partial charge in [-0.15, -0.1) is 0 Å². The number of amides is 1. The number of nitrogens with one attached hydrogen (secondary N) is 1. The first kappa shape index (κ1) is 16.3. The molecule has 23 heavy (non-hydrogen) atoms. The number of Topliss-reactive ketones (excluding diaryl/α,β-unsaturated/α-hetero) is 1. The van der Waals surface area contributed by atoms with Crippen LogP contribution in [-0.2, 0) is 4.79 Å². The van der Waals surface area contributed by atoms with Crippen LogP contribution in [0.3, 0.4) is 0 Å². The van der Waals surface area contributed by atoms with Gasteiger partial charge in [0, 0.05) is 0 Å². The molecule has 0 spiro atoms. The second-order valence-corrected chi connectivity index (χ2v) is 5.06. The van der Waals surface area contributed by atoms with Gasteiger partial charge in [-0.1, -0.05) is 12.1 Å². The lowest BCUT2D eigenvalue weighted by atomic mass is 10.1. The van der Waals surface area contributed by atoms with Crippen molar-refractivity contribution in [2.45, 2.75) is 20.8 Å². The predicted molar refractivity (Wildman–Crippen MR) is 83.5 cm³/mol. The Bertz CT molecular complexity index is 799. The summed E-state index contributed by atoms with van der Waals surface area (Å²) in [7, 11) is 0.